The monoisotopic (exact) mass is 312 g/mol. The van der Waals surface area contributed by atoms with Gasteiger partial charge in [-0.1, -0.05) is 25.4 Å². The largest absolute Gasteiger partial charge is 0.355 e. The molecule has 0 spiro atoms. The minimum Gasteiger partial charge on any atom is -0.355 e. The van der Waals surface area contributed by atoms with Crippen LogP contribution in [0.25, 0.3) is 0 Å². The minimum absolute atomic E-state index is 0.730. The van der Waals surface area contributed by atoms with Crippen molar-refractivity contribution in [3.05, 3.63) is 22.8 Å². The van der Waals surface area contributed by atoms with Crippen molar-refractivity contribution in [2.75, 3.05) is 45.2 Å². The van der Waals surface area contributed by atoms with Gasteiger partial charge in [-0.2, -0.15) is 0 Å². The molecule has 0 aliphatic rings. The summed E-state index contributed by atoms with van der Waals surface area (Å²) < 4.78 is 0. The first-order valence-electron chi connectivity index (χ1n) is 7.84. The molecule has 0 amide bonds. The van der Waals surface area contributed by atoms with Gasteiger partial charge < -0.3 is 15.1 Å². The van der Waals surface area contributed by atoms with E-state index in [1.165, 1.54) is 0 Å². The van der Waals surface area contributed by atoms with Crippen molar-refractivity contribution in [2.24, 2.45) is 0 Å². The fourth-order valence-corrected chi connectivity index (χ4v) is 2.26. The van der Waals surface area contributed by atoms with Gasteiger partial charge in [0.05, 0.1) is 10.7 Å². The molecule has 0 radical (unpaired) electrons. The summed E-state index contributed by atoms with van der Waals surface area (Å²) in [6, 6.07) is 3.99. The van der Waals surface area contributed by atoms with Crippen molar-refractivity contribution in [3.63, 3.8) is 0 Å². The molecule has 1 rings (SSSR count). The van der Waals surface area contributed by atoms with Gasteiger partial charge in [0.1, 0.15) is 5.82 Å². The highest BCUT2D eigenvalue weighted by Gasteiger charge is 2.10. The van der Waals surface area contributed by atoms with E-state index in [-0.39, 0.29) is 0 Å². The Labute approximate surface area is 134 Å². The van der Waals surface area contributed by atoms with Crippen molar-refractivity contribution in [1.82, 2.24) is 15.2 Å². The summed E-state index contributed by atoms with van der Waals surface area (Å²) >= 11 is 6.26. The number of hydrogen-bond acceptors (Lipinski definition) is 4. The molecule has 1 heterocycles. The third-order valence-electron chi connectivity index (χ3n) is 3.26. The molecule has 1 aromatic heterocycles. The average molecular weight is 313 g/mol. The van der Waals surface area contributed by atoms with Crippen molar-refractivity contribution < 1.29 is 0 Å². The van der Waals surface area contributed by atoms with E-state index in [1.54, 1.807) is 0 Å². The van der Waals surface area contributed by atoms with Gasteiger partial charge in [0.2, 0.25) is 0 Å². The van der Waals surface area contributed by atoms with Gasteiger partial charge in [-0.3, -0.25) is 0 Å². The Kier molecular flexibility index (Phi) is 8.66. The molecule has 0 saturated heterocycles. The average Bonchev–Trinajstić information content (AvgIpc) is 2.45. The second kappa shape index (κ2) is 9.98. The topological polar surface area (TPSA) is 31.4 Å². The van der Waals surface area contributed by atoms with E-state index < -0.39 is 0 Å². The van der Waals surface area contributed by atoms with Crippen LogP contribution in [0, 0.1) is 0 Å². The molecule has 120 valence electrons. The van der Waals surface area contributed by atoms with E-state index in [9.17, 15) is 0 Å². The van der Waals surface area contributed by atoms with E-state index in [4.69, 9.17) is 16.6 Å². The number of pyridine rings is 1. The molecule has 21 heavy (non-hydrogen) atoms. The molecular formula is C16H29ClN4. The van der Waals surface area contributed by atoms with Crippen molar-refractivity contribution in [2.45, 2.75) is 33.2 Å². The summed E-state index contributed by atoms with van der Waals surface area (Å²) in [7, 11) is 4.19. The van der Waals surface area contributed by atoms with E-state index in [2.05, 4.69) is 43.1 Å². The van der Waals surface area contributed by atoms with Crippen LogP contribution in [0.15, 0.2) is 12.1 Å². The highest BCUT2D eigenvalue weighted by molar-refractivity contribution is 6.31. The molecule has 0 aliphatic carbocycles. The number of nitrogens with one attached hydrogen (secondary N) is 1. The molecule has 0 bridgehead atoms. The van der Waals surface area contributed by atoms with Crippen LogP contribution in [0.4, 0.5) is 5.82 Å². The number of likely N-dealkylation sites (N-methyl/N-ethyl adjacent to an activating group) is 1. The maximum atomic E-state index is 6.26. The lowest BCUT2D eigenvalue weighted by Gasteiger charge is -2.25. The summed E-state index contributed by atoms with van der Waals surface area (Å²) in [5.74, 6) is 1.02. The maximum absolute atomic E-state index is 6.26. The summed E-state index contributed by atoms with van der Waals surface area (Å²) in [5.41, 5.74) is 0.938. The maximum Gasteiger partial charge on any atom is 0.129 e. The van der Waals surface area contributed by atoms with Gasteiger partial charge >= 0.3 is 0 Å². The first kappa shape index (κ1) is 18.2. The van der Waals surface area contributed by atoms with Crippen LogP contribution >= 0.6 is 11.6 Å². The number of rotatable bonds is 10. The molecule has 0 unspecified atom stereocenters. The lowest BCUT2D eigenvalue weighted by atomic mass is 10.3. The highest BCUT2D eigenvalue weighted by Crippen LogP contribution is 2.19. The molecule has 4 nitrogen and oxygen atoms in total. The zero-order valence-corrected chi connectivity index (χ0v) is 14.6. The molecule has 0 atom stereocenters. The highest BCUT2D eigenvalue weighted by atomic mass is 35.5. The Hall–Kier alpha value is -0.840. The lowest BCUT2D eigenvalue weighted by Crippen LogP contribution is -2.33. The van der Waals surface area contributed by atoms with E-state index >= 15 is 0 Å². The van der Waals surface area contributed by atoms with Crippen LogP contribution in [0.5, 0.6) is 0 Å². The van der Waals surface area contributed by atoms with Crippen LogP contribution in [-0.2, 0) is 6.54 Å². The Bertz CT molecular complexity index is 409. The molecule has 1 aromatic rings. The second-order valence-electron chi connectivity index (χ2n) is 5.57. The number of hydrogen-bond donors (Lipinski definition) is 1. The van der Waals surface area contributed by atoms with Crippen LogP contribution in [0.2, 0.25) is 5.02 Å². The van der Waals surface area contributed by atoms with Crippen LogP contribution in [-0.4, -0.2) is 50.2 Å². The zero-order chi connectivity index (χ0) is 15.7. The Morgan fingerprint density at radius 1 is 1.10 bits per heavy atom. The number of anilines is 1. The standard InChI is InChI=1S/C16H29ClN4/c1-5-9-18-13-15-14(17)7-8-16(19-15)21(10-6-2)12-11-20(3)4/h7-8,18H,5-6,9-13H2,1-4H3. The summed E-state index contributed by atoms with van der Waals surface area (Å²) in [4.78, 5) is 9.28. The second-order valence-corrected chi connectivity index (χ2v) is 5.97. The summed E-state index contributed by atoms with van der Waals surface area (Å²) in [5, 5.41) is 4.11. The number of aromatic nitrogens is 1. The van der Waals surface area contributed by atoms with Crippen LogP contribution < -0.4 is 10.2 Å². The van der Waals surface area contributed by atoms with Gasteiger partial charge in [-0.15, -0.1) is 0 Å². The Morgan fingerprint density at radius 3 is 2.48 bits per heavy atom. The van der Waals surface area contributed by atoms with Crippen molar-refractivity contribution in [3.8, 4) is 0 Å². The van der Waals surface area contributed by atoms with Crippen LogP contribution in [0.3, 0.4) is 0 Å². The zero-order valence-electron chi connectivity index (χ0n) is 13.8. The van der Waals surface area contributed by atoms with Crippen molar-refractivity contribution in [1.29, 1.82) is 0 Å². The number of halogens is 1. The van der Waals surface area contributed by atoms with Gasteiger partial charge in [-0.05, 0) is 45.6 Å². The lowest BCUT2D eigenvalue weighted by molar-refractivity contribution is 0.412. The fourth-order valence-electron chi connectivity index (χ4n) is 2.09. The molecule has 0 aliphatic heterocycles. The Morgan fingerprint density at radius 2 is 1.86 bits per heavy atom. The Balaban J connectivity index is 2.79. The van der Waals surface area contributed by atoms with E-state index in [0.717, 1.165) is 62.1 Å². The predicted molar refractivity (Wildman–Crippen MR) is 92.3 cm³/mol. The third kappa shape index (κ3) is 6.64. The molecule has 0 saturated carbocycles. The van der Waals surface area contributed by atoms with Crippen LogP contribution in [0.1, 0.15) is 32.4 Å². The normalized spacial score (nSPS) is 11.1. The van der Waals surface area contributed by atoms with Gasteiger partial charge in [0.15, 0.2) is 0 Å². The van der Waals surface area contributed by atoms with Gasteiger partial charge in [0.25, 0.3) is 0 Å². The van der Waals surface area contributed by atoms with E-state index in [1.807, 2.05) is 12.1 Å². The molecule has 0 fully saturated rings. The SMILES string of the molecule is CCCNCc1nc(N(CCC)CCN(C)C)ccc1Cl. The van der Waals surface area contributed by atoms with Gasteiger partial charge in [0, 0.05) is 26.2 Å². The first-order valence-corrected chi connectivity index (χ1v) is 8.22. The quantitative estimate of drug-likeness (QED) is 0.673. The van der Waals surface area contributed by atoms with Gasteiger partial charge in [-0.25, -0.2) is 4.98 Å². The fraction of sp³-hybridized carbons (Fsp3) is 0.688. The molecule has 5 heteroatoms. The third-order valence-corrected chi connectivity index (χ3v) is 3.60. The molecular weight excluding hydrogens is 284 g/mol. The predicted octanol–water partition coefficient (Wildman–Crippen LogP) is 3.01. The summed E-state index contributed by atoms with van der Waals surface area (Å²) in [6.07, 6.45) is 2.23. The van der Waals surface area contributed by atoms with E-state index in [0.29, 0.717) is 0 Å². The number of nitrogens with zero attached hydrogens (tertiary/aromatic N) is 3. The molecule has 0 aromatic carbocycles. The first-order chi connectivity index (χ1) is 10.1. The molecule has 1 N–H and O–H groups in total. The minimum atomic E-state index is 0.730. The smallest absolute Gasteiger partial charge is 0.129 e. The summed E-state index contributed by atoms with van der Waals surface area (Å²) in [6.45, 7) is 9.09. The van der Waals surface area contributed by atoms with Crippen molar-refractivity contribution >= 4 is 17.4 Å².